The number of carbonyl (C=O) groups is 1. The van der Waals surface area contributed by atoms with Crippen molar-refractivity contribution in [2.24, 2.45) is 0 Å². The van der Waals surface area contributed by atoms with Gasteiger partial charge in [-0.25, -0.2) is 8.42 Å². The normalized spacial score (nSPS) is 21.0. The van der Waals surface area contributed by atoms with Crippen LogP contribution in [0.3, 0.4) is 0 Å². The Morgan fingerprint density at radius 1 is 1.42 bits per heavy atom. The van der Waals surface area contributed by atoms with E-state index in [2.05, 4.69) is 20.8 Å². The van der Waals surface area contributed by atoms with E-state index >= 15 is 0 Å². The molecule has 1 atom stereocenters. The Balaban J connectivity index is 1.95. The molecule has 0 spiro atoms. The van der Waals surface area contributed by atoms with Crippen LogP contribution in [0.2, 0.25) is 0 Å². The molecule has 0 radical (unpaired) electrons. The zero-order valence-corrected chi connectivity index (χ0v) is 11.4. The van der Waals surface area contributed by atoms with Crippen LogP contribution < -0.4 is 10.6 Å². The summed E-state index contributed by atoms with van der Waals surface area (Å²) in [5.41, 5.74) is 0.224. The van der Waals surface area contributed by atoms with Crippen LogP contribution >= 0.6 is 0 Å². The molecule has 104 valence electrons. The van der Waals surface area contributed by atoms with Crippen molar-refractivity contribution in [3.8, 4) is 0 Å². The van der Waals surface area contributed by atoms with Crippen LogP contribution in [0.5, 0.6) is 0 Å². The summed E-state index contributed by atoms with van der Waals surface area (Å²) in [5.74, 6) is 0.424. The van der Waals surface area contributed by atoms with Crippen LogP contribution in [-0.2, 0) is 9.84 Å². The largest absolute Gasteiger partial charge is 0.367 e. The summed E-state index contributed by atoms with van der Waals surface area (Å²) in [6.45, 7) is 0.330. The molecule has 1 unspecified atom stereocenters. The molecule has 1 amide bonds. The Hall–Kier alpha value is -1.70. The molecule has 0 bridgehead atoms. The topological polar surface area (TPSA) is 101 Å². The monoisotopic (exact) mass is 284 g/mol. The average Bonchev–Trinajstić information content (AvgIpc) is 2.75. The lowest BCUT2D eigenvalue weighted by atomic mass is 10.2. The lowest BCUT2D eigenvalue weighted by Gasteiger charge is -2.10. The van der Waals surface area contributed by atoms with Crippen molar-refractivity contribution in [3.05, 3.63) is 17.8 Å². The highest BCUT2D eigenvalue weighted by molar-refractivity contribution is 7.92. The van der Waals surface area contributed by atoms with Crippen molar-refractivity contribution < 1.29 is 13.2 Å². The Bertz CT molecular complexity index is 556. The fourth-order valence-corrected chi connectivity index (χ4v) is 3.75. The number of rotatable bonds is 4. The van der Waals surface area contributed by atoms with Crippen molar-refractivity contribution in [1.29, 1.82) is 0 Å². The van der Waals surface area contributed by atoms with Crippen LogP contribution in [0.4, 0.5) is 5.82 Å². The molecule has 19 heavy (non-hydrogen) atoms. The van der Waals surface area contributed by atoms with Crippen LogP contribution in [0.15, 0.2) is 12.1 Å². The summed E-state index contributed by atoms with van der Waals surface area (Å²) >= 11 is 0. The number of aromatic nitrogens is 2. The highest BCUT2D eigenvalue weighted by Crippen LogP contribution is 2.20. The minimum absolute atomic E-state index is 0.224. The second kappa shape index (κ2) is 5.52. The number of sulfone groups is 1. The quantitative estimate of drug-likeness (QED) is 0.795. The number of hydrogen-bond acceptors (Lipinski definition) is 6. The van der Waals surface area contributed by atoms with Gasteiger partial charge in [0.2, 0.25) is 0 Å². The lowest BCUT2D eigenvalue weighted by molar-refractivity contribution is 0.0957. The maximum Gasteiger partial charge on any atom is 0.271 e. The fraction of sp³-hybridized carbons (Fsp3) is 0.545. The molecule has 8 heteroatoms. The third kappa shape index (κ3) is 3.19. The summed E-state index contributed by atoms with van der Waals surface area (Å²) in [5, 5.41) is 12.6. The van der Waals surface area contributed by atoms with Crippen molar-refractivity contribution in [2.45, 2.75) is 18.1 Å². The van der Waals surface area contributed by atoms with Gasteiger partial charge in [-0.1, -0.05) is 0 Å². The Kier molecular flexibility index (Phi) is 3.98. The van der Waals surface area contributed by atoms with Gasteiger partial charge in [0.25, 0.3) is 5.91 Å². The highest BCUT2D eigenvalue weighted by Gasteiger charge is 2.30. The molecule has 7 nitrogen and oxygen atoms in total. The number of amides is 1. The Morgan fingerprint density at radius 3 is 2.74 bits per heavy atom. The molecule has 1 fully saturated rings. The van der Waals surface area contributed by atoms with Gasteiger partial charge < -0.3 is 10.6 Å². The van der Waals surface area contributed by atoms with Crippen LogP contribution in [-0.4, -0.2) is 49.1 Å². The first-order chi connectivity index (χ1) is 9.03. The number of nitrogens with one attached hydrogen (secondary N) is 2. The summed E-state index contributed by atoms with van der Waals surface area (Å²) in [6, 6.07) is 3.15. The number of hydrogen-bond donors (Lipinski definition) is 2. The first-order valence-corrected chi connectivity index (χ1v) is 7.76. The summed E-state index contributed by atoms with van der Waals surface area (Å²) in [6.07, 6.45) is 1.40. The van der Waals surface area contributed by atoms with Crippen molar-refractivity contribution in [2.75, 3.05) is 24.7 Å². The van der Waals surface area contributed by atoms with Crippen LogP contribution in [0.25, 0.3) is 0 Å². The first-order valence-electron chi connectivity index (χ1n) is 6.04. The molecule has 1 saturated heterocycles. The van der Waals surface area contributed by atoms with Crippen LogP contribution in [0, 0.1) is 0 Å². The molecule has 1 aromatic heterocycles. The standard InChI is InChI=1S/C11H16N4O3S/c1-12-11(16)9-4-5-10(15-14-9)13-7-8-3-2-6-19(8,17)18/h4-5,8H,2-3,6-7H2,1H3,(H,12,16)(H,13,15). The molecule has 1 aromatic rings. The molecule has 2 N–H and O–H groups in total. The van der Waals surface area contributed by atoms with E-state index in [1.54, 1.807) is 6.07 Å². The second-order valence-corrected chi connectivity index (χ2v) is 6.80. The summed E-state index contributed by atoms with van der Waals surface area (Å²) in [4.78, 5) is 11.3. The smallest absolute Gasteiger partial charge is 0.271 e. The lowest BCUT2D eigenvalue weighted by Crippen LogP contribution is -2.25. The van der Waals surface area contributed by atoms with Crippen molar-refractivity contribution >= 4 is 21.6 Å². The van der Waals surface area contributed by atoms with Gasteiger partial charge >= 0.3 is 0 Å². The Labute approximate surface area is 111 Å². The molecule has 0 saturated carbocycles. The highest BCUT2D eigenvalue weighted by atomic mass is 32.2. The number of carbonyl (C=O) groups excluding carboxylic acids is 1. The predicted octanol–water partition coefficient (Wildman–Crippen LogP) is -0.175. The average molecular weight is 284 g/mol. The van der Waals surface area contributed by atoms with Gasteiger partial charge in [-0.3, -0.25) is 4.79 Å². The fourth-order valence-electron chi connectivity index (χ4n) is 1.98. The van der Waals surface area contributed by atoms with Gasteiger partial charge in [-0.05, 0) is 25.0 Å². The van der Waals surface area contributed by atoms with E-state index in [0.29, 0.717) is 18.8 Å². The minimum Gasteiger partial charge on any atom is -0.367 e. The van der Waals surface area contributed by atoms with E-state index in [9.17, 15) is 13.2 Å². The minimum atomic E-state index is -2.96. The van der Waals surface area contributed by atoms with Gasteiger partial charge in [0.05, 0.1) is 11.0 Å². The second-order valence-electron chi connectivity index (χ2n) is 4.40. The maximum absolute atomic E-state index is 11.6. The first kappa shape index (κ1) is 13.7. The van der Waals surface area contributed by atoms with Gasteiger partial charge in [0.15, 0.2) is 15.5 Å². The van der Waals surface area contributed by atoms with Gasteiger partial charge in [0, 0.05) is 13.6 Å². The Morgan fingerprint density at radius 2 is 2.21 bits per heavy atom. The van der Waals surface area contributed by atoms with Gasteiger partial charge in [-0.2, -0.15) is 0 Å². The third-order valence-electron chi connectivity index (χ3n) is 3.10. The molecule has 1 aliphatic rings. The van der Waals surface area contributed by atoms with Crippen molar-refractivity contribution in [3.63, 3.8) is 0 Å². The molecule has 0 aliphatic carbocycles. The van der Waals surface area contributed by atoms with Crippen LogP contribution in [0.1, 0.15) is 23.3 Å². The zero-order valence-electron chi connectivity index (χ0n) is 10.6. The van der Waals surface area contributed by atoms with E-state index in [1.807, 2.05) is 0 Å². The van der Waals surface area contributed by atoms with Gasteiger partial charge in [0.1, 0.15) is 5.82 Å². The van der Waals surface area contributed by atoms with E-state index < -0.39 is 9.84 Å². The maximum atomic E-state index is 11.6. The van der Waals surface area contributed by atoms with E-state index in [-0.39, 0.29) is 22.6 Å². The zero-order chi connectivity index (χ0) is 13.9. The predicted molar refractivity (Wildman–Crippen MR) is 70.7 cm³/mol. The molecular formula is C11H16N4O3S. The molecule has 1 aliphatic heterocycles. The number of anilines is 1. The third-order valence-corrected chi connectivity index (χ3v) is 5.37. The molecule has 2 rings (SSSR count). The molecule has 2 heterocycles. The van der Waals surface area contributed by atoms with Gasteiger partial charge in [-0.15, -0.1) is 10.2 Å². The van der Waals surface area contributed by atoms with E-state index in [4.69, 9.17) is 0 Å². The summed E-state index contributed by atoms with van der Waals surface area (Å²) < 4.78 is 23.3. The van der Waals surface area contributed by atoms with Crippen molar-refractivity contribution in [1.82, 2.24) is 15.5 Å². The van der Waals surface area contributed by atoms with E-state index in [0.717, 1.165) is 6.42 Å². The molecule has 0 aromatic carbocycles. The molecular weight excluding hydrogens is 268 g/mol. The van der Waals surface area contributed by atoms with E-state index in [1.165, 1.54) is 13.1 Å². The summed E-state index contributed by atoms with van der Waals surface area (Å²) in [7, 11) is -1.44. The SMILES string of the molecule is CNC(=O)c1ccc(NCC2CCCS2(=O)=O)nn1. The number of nitrogens with zero attached hydrogens (tertiary/aromatic N) is 2.